The van der Waals surface area contributed by atoms with Crippen LogP contribution in [-0.4, -0.2) is 5.78 Å². The molecule has 0 spiro atoms. The van der Waals surface area contributed by atoms with E-state index in [1.807, 2.05) is 6.08 Å². The third-order valence-electron chi connectivity index (χ3n) is 6.65. The Balaban J connectivity index is 1.70. The highest BCUT2D eigenvalue weighted by atomic mass is 16.1. The zero-order chi connectivity index (χ0) is 13.0. The van der Waals surface area contributed by atoms with Gasteiger partial charge in [0.1, 0.15) is 0 Å². The smallest absolute Gasteiger partial charge is 0.155 e. The first-order chi connectivity index (χ1) is 9.17. The fourth-order valence-electron chi connectivity index (χ4n) is 5.65. The van der Waals surface area contributed by atoms with Crippen LogP contribution in [0.4, 0.5) is 0 Å². The van der Waals surface area contributed by atoms with Crippen LogP contribution in [0.1, 0.15) is 51.9 Å². The van der Waals surface area contributed by atoms with E-state index in [9.17, 15) is 4.79 Å². The summed E-state index contributed by atoms with van der Waals surface area (Å²) >= 11 is 0. The van der Waals surface area contributed by atoms with E-state index in [1.54, 1.807) is 0 Å². The van der Waals surface area contributed by atoms with Crippen molar-refractivity contribution in [2.75, 3.05) is 0 Å². The van der Waals surface area contributed by atoms with E-state index in [0.29, 0.717) is 17.1 Å². The van der Waals surface area contributed by atoms with Gasteiger partial charge in [-0.05, 0) is 72.8 Å². The molecule has 0 N–H and O–H groups in total. The summed E-state index contributed by atoms with van der Waals surface area (Å²) in [6.07, 6.45) is 15.7. The molecule has 0 amide bonds. The van der Waals surface area contributed by atoms with Crippen molar-refractivity contribution in [1.82, 2.24) is 0 Å². The monoisotopic (exact) mass is 256 g/mol. The van der Waals surface area contributed by atoms with Gasteiger partial charge in [-0.2, -0.15) is 0 Å². The van der Waals surface area contributed by atoms with Crippen LogP contribution in [0.2, 0.25) is 0 Å². The topological polar surface area (TPSA) is 17.1 Å². The fraction of sp³-hybridized carbons (Fsp3) is 0.722. The Bertz CT molecular complexity index is 472. The normalized spacial score (nSPS) is 48.3. The molecule has 0 radical (unpaired) electrons. The maximum Gasteiger partial charge on any atom is 0.155 e. The maximum atomic E-state index is 11.6. The maximum absolute atomic E-state index is 11.6. The Morgan fingerprint density at radius 1 is 1.21 bits per heavy atom. The Morgan fingerprint density at radius 3 is 3.00 bits per heavy atom. The molecule has 0 unspecified atom stereocenters. The summed E-state index contributed by atoms with van der Waals surface area (Å²) in [7, 11) is 0. The molecule has 0 saturated heterocycles. The predicted octanol–water partition coefficient (Wildman–Crippen LogP) is 4.29. The first-order valence-electron chi connectivity index (χ1n) is 8.10. The Hall–Kier alpha value is -0.850. The summed E-state index contributed by atoms with van der Waals surface area (Å²) in [4.78, 5) is 11.6. The van der Waals surface area contributed by atoms with Crippen molar-refractivity contribution in [2.45, 2.75) is 51.9 Å². The van der Waals surface area contributed by atoms with Gasteiger partial charge in [0.2, 0.25) is 0 Å². The van der Waals surface area contributed by atoms with Gasteiger partial charge >= 0.3 is 0 Å². The summed E-state index contributed by atoms with van der Waals surface area (Å²) in [5, 5.41) is 0. The van der Waals surface area contributed by atoms with Crippen molar-refractivity contribution in [2.24, 2.45) is 29.1 Å². The molecular formula is C18H24O. The average molecular weight is 256 g/mol. The second kappa shape index (κ2) is 4.07. The van der Waals surface area contributed by atoms with Gasteiger partial charge in [0.25, 0.3) is 0 Å². The lowest BCUT2D eigenvalue weighted by molar-refractivity contribution is -0.115. The van der Waals surface area contributed by atoms with Crippen LogP contribution in [0.3, 0.4) is 0 Å². The zero-order valence-corrected chi connectivity index (χ0v) is 11.9. The van der Waals surface area contributed by atoms with Gasteiger partial charge in [0.05, 0.1) is 0 Å². The number of carbonyl (C=O) groups excluding carboxylic acids is 1. The molecule has 1 heteroatoms. The molecule has 0 aromatic carbocycles. The number of hydrogen-bond donors (Lipinski definition) is 0. The van der Waals surface area contributed by atoms with Crippen molar-refractivity contribution in [3.05, 3.63) is 23.8 Å². The molecule has 2 fully saturated rings. The van der Waals surface area contributed by atoms with E-state index in [-0.39, 0.29) is 0 Å². The fourth-order valence-corrected chi connectivity index (χ4v) is 5.65. The number of ketones is 1. The van der Waals surface area contributed by atoms with Crippen molar-refractivity contribution in [1.29, 1.82) is 0 Å². The number of rotatable bonds is 0. The number of fused-ring (bicyclic) bond motifs is 5. The van der Waals surface area contributed by atoms with Crippen LogP contribution in [0.5, 0.6) is 0 Å². The van der Waals surface area contributed by atoms with Crippen LogP contribution < -0.4 is 0 Å². The van der Waals surface area contributed by atoms with Crippen LogP contribution in [-0.2, 0) is 4.79 Å². The van der Waals surface area contributed by atoms with Crippen molar-refractivity contribution in [3.8, 4) is 0 Å². The third kappa shape index (κ3) is 1.70. The Labute approximate surface area is 116 Å². The van der Waals surface area contributed by atoms with Crippen LogP contribution in [0.25, 0.3) is 0 Å². The highest BCUT2D eigenvalue weighted by Gasteiger charge is 2.51. The van der Waals surface area contributed by atoms with Crippen LogP contribution in [0, 0.1) is 29.1 Å². The standard InChI is InChI=1S/C18H24O/c1-18-9-2-3-17(18)16-6-4-12-11-13(19)5-7-14(12)15(16)8-10-18/h4,6,11,14-17H,2-3,5,7-10H2,1H3/t14-,15+,16+,17-,18-/m0/s1. The molecule has 4 aliphatic carbocycles. The van der Waals surface area contributed by atoms with Crippen LogP contribution in [0.15, 0.2) is 23.8 Å². The van der Waals surface area contributed by atoms with Crippen LogP contribution >= 0.6 is 0 Å². The number of hydrogen-bond acceptors (Lipinski definition) is 1. The van der Waals surface area contributed by atoms with E-state index >= 15 is 0 Å². The predicted molar refractivity (Wildman–Crippen MR) is 76.6 cm³/mol. The minimum atomic E-state index is 0.343. The van der Waals surface area contributed by atoms with Gasteiger partial charge < -0.3 is 0 Å². The van der Waals surface area contributed by atoms with Crippen molar-refractivity contribution >= 4 is 5.78 Å². The van der Waals surface area contributed by atoms with E-state index < -0.39 is 0 Å². The Morgan fingerprint density at radius 2 is 2.11 bits per heavy atom. The molecule has 0 aromatic rings. The average Bonchev–Trinajstić information content (AvgIpc) is 2.79. The molecule has 4 aliphatic rings. The molecule has 0 aromatic heterocycles. The summed E-state index contributed by atoms with van der Waals surface area (Å²) in [5.41, 5.74) is 1.97. The van der Waals surface area contributed by atoms with Gasteiger partial charge in [0.15, 0.2) is 5.78 Å². The van der Waals surface area contributed by atoms with E-state index in [4.69, 9.17) is 0 Å². The van der Waals surface area contributed by atoms with E-state index in [2.05, 4.69) is 19.1 Å². The quantitative estimate of drug-likeness (QED) is 0.631. The van der Waals surface area contributed by atoms with Crippen molar-refractivity contribution in [3.63, 3.8) is 0 Å². The van der Waals surface area contributed by atoms with Crippen molar-refractivity contribution < 1.29 is 4.79 Å². The molecular weight excluding hydrogens is 232 g/mol. The summed E-state index contributed by atoms with van der Waals surface area (Å²) in [6, 6.07) is 0. The molecule has 0 heterocycles. The molecule has 1 nitrogen and oxygen atoms in total. The van der Waals surface area contributed by atoms with Gasteiger partial charge in [-0.3, -0.25) is 4.79 Å². The number of allylic oxidation sites excluding steroid dienone is 4. The minimum Gasteiger partial charge on any atom is -0.295 e. The summed E-state index contributed by atoms with van der Waals surface area (Å²) in [6.45, 7) is 2.53. The molecule has 102 valence electrons. The largest absolute Gasteiger partial charge is 0.295 e. The molecule has 0 aliphatic heterocycles. The molecule has 2 saturated carbocycles. The molecule has 5 atom stereocenters. The van der Waals surface area contributed by atoms with Gasteiger partial charge in [-0.15, -0.1) is 0 Å². The third-order valence-corrected chi connectivity index (χ3v) is 6.65. The molecule has 19 heavy (non-hydrogen) atoms. The Kier molecular flexibility index (Phi) is 2.56. The van der Waals surface area contributed by atoms with Gasteiger partial charge in [0, 0.05) is 6.42 Å². The highest BCUT2D eigenvalue weighted by Crippen LogP contribution is 2.60. The second-order valence-corrected chi connectivity index (χ2v) is 7.55. The number of carbonyl (C=O) groups is 1. The second-order valence-electron chi connectivity index (χ2n) is 7.55. The highest BCUT2D eigenvalue weighted by molar-refractivity contribution is 5.91. The minimum absolute atomic E-state index is 0.343. The lowest BCUT2D eigenvalue weighted by Crippen LogP contribution is -2.42. The molecule has 0 bridgehead atoms. The lowest BCUT2D eigenvalue weighted by Gasteiger charge is -2.50. The van der Waals surface area contributed by atoms with Gasteiger partial charge in [-0.25, -0.2) is 0 Å². The van der Waals surface area contributed by atoms with E-state index in [0.717, 1.165) is 30.6 Å². The summed E-state index contributed by atoms with van der Waals surface area (Å²) < 4.78 is 0. The van der Waals surface area contributed by atoms with E-state index in [1.165, 1.54) is 37.7 Å². The van der Waals surface area contributed by atoms with Gasteiger partial charge in [-0.1, -0.05) is 25.5 Å². The zero-order valence-electron chi connectivity index (χ0n) is 11.9. The SMILES string of the molecule is C[C@@]12CCC[C@H]1[C@@H]1C=CC3=CC(=O)CC[C@@H]3[C@H]1CC2. The first kappa shape index (κ1) is 11.9. The lowest BCUT2D eigenvalue weighted by atomic mass is 9.54. The summed E-state index contributed by atoms with van der Waals surface area (Å²) in [5.74, 6) is 3.59. The first-order valence-corrected chi connectivity index (χ1v) is 8.10. The molecule has 4 rings (SSSR count).